The Labute approximate surface area is 198 Å². The van der Waals surface area contributed by atoms with Crippen LogP contribution in [-0.2, 0) is 20.7 Å². The van der Waals surface area contributed by atoms with Gasteiger partial charge in [-0.1, -0.05) is 36.9 Å². The van der Waals surface area contributed by atoms with Crippen LogP contribution in [0.15, 0.2) is 42.7 Å². The maximum atomic E-state index is 12.9. The number of likely N-dealkylation sites (tertiary alicyclic amines) is 1. The number of benzene rings is 1. The summed E-state index contributed by atoms with van der Waals surface area (Å²) in [5, 5.41) is 12.4. The number of aliphatic carboxylic acids is 1. The van der Waals surface area contributed by atoms with Gasteiger partial charge >= 0.3 is 18.1 Å². The van der Waals surface area contributed by atoms with Crippen LogP contribution in [0, 0.1) is 5.92 Å². The van der Waals surface area contributed by atoms with Gasteiger partial charge in [0.2, 0.25) is 5.91 Å². The Morgan fingerprint density at radius 3 is 2.38 bits per heavy atom. The van der Waals surface area contributed by atoms with Crippen LogP contribution < -0.4 is 11.1 Å². The van der Waals surface area contributed by atoms with E-state index in [0.29, 0.717) is 31.6 Å². The Bertz CT molecular complexity index is 916. The van der Waals surface area contributed by atoms with Crippen LogP contribution in [0.1, 0.15) is 18.4 Å². The molecule has 2 unspecified atom stereocenters. The number of ether oxygens (including phenoxy) is 1. The van der Waals surface area contributed by atoms with Crippen molar-refractivity contribution in [3.05, 3.63) is 48.3 Å². The van der Waals surface area contributed by atoms with E-state index in [2.05, 4.69) is 11.9 Å². The normalized spacial score (nSPS) is 19.9. The van der Waals surface area contributed by atoms with Crippen molar-refractivity contribution in [3.63, 3.8) is 0 Å². The van der Waals surface area contributed by atoms with E-state index in [1.54, 1.807) is 0 Å². The lowest BCUT2D eigenvalue weighted by molar-refractivity contribution is -0.167. The number of hydrogen-bond acceptors (Lipinski definition) is 7. The fourth-order valence-corrected chi connectivity index (χ4v) is 4.12. The number of carboxylic acid groups (broad SMARTS) is 1. The van der Waals surface area contributed by atoms with Gasteiger partial charge < -0.3 is 30.7 Å². The maximum Gasteiger partial charge on any atom is 0.409 e. The second-order valence-corrected chi connectivity index (χ2v) is 8.30. The van der Waals surface area contributed by atoms with E-state index in [-0.39, 0.29) is 32.8 Å². The molecule has 34 heavy (non-hydrogen) atoms. The fraction of sp³-hybridized carbons (Fsp3) is 0.478. The predicted octanol–water partition coefficient (Wildman–Crippen LogP) is 0.815. The largest absolute Gasteiger partial charge is 0.480 e. The van der Waals surface area contributed by atoms with E-state index < -0.39 is 36.0 Å². The van der Waals surface area contributed by atoms with Crippen molar-refractivity contribution in [2.45, 2.75) is 25.3 Å². The Balaban J connectivity index is 1.44. The summed E-state index contributed by atoms with van der Waals surface area (Å²) in [6, 6.07) is 7.84. The molecule has 3 rings (SSSR count). The number of nitrogens with two attached hydrogens (primary N) is 1. The molecule has 11 heteroatoms. The third-order valence-corrected chi connectivity index (χ3v) is 5.98. The summed E-state index contributed by atoms with van der Waals surface area (Å²) in [6.45, 7) is 5.09. The first-order chi connectivity index (χ1) is 16.3. The molecule has 2 aliphatic rings. The number of rotatable bonds is 9. The minimum atomic E-state index is -1.21. The molecule has 1 aromatic rings. The minimum absolute atomic E-state index is 0.190. The first kappa shape index (κ1) is 24.9. The van der Waals surface area contributed by atoms with Crippen LogP contribution in [0.4, 0.5) is 9.59 Å². The van der Waals surface area contributed by atoms with Crippen LogP contribution in [-0.4, -0.2) is 89.2 Å². The standard InChI is InChI=1S/C23H31N5O6/c1-16(24)25-10-5-8-18-19(21(30)31)28(20(18)29)22(32)26-11-13-27(14-12-26)23(33)34-15-9-17-6-3-2-4-7-17/h2-4,6-7,18-19,25H,1,5,8-15,24H2,(H,30,31). The zero-order valence-corrected chi connectivity index (χ0v) is 19.0. The molecule has 1 aromatic carbocycles. The average Bonchev–Trinajstić information content (AvgIpc) is 2.82. The third kappa shape index (κ3) is 5.97. The highest BCUT2D eigenvalue weighted by atomic mass is 16.6. The van der Waals surface area contributed by atoms with Gasteiger partial charge in [-0.05, 0) is 18.4 Å². The van der Waals surface area contributed by atoms with E-state index in [0.717, 1.165) is 10.5 Å². The number of carboxylic acids is 1. The number of nitrogens with zero attached hydrogens (tertiary/aromatic N) is 3. The summed E-state index contributed by atoms with van der Waals surface area (Å²) < 4.78 is 5.32. The number of piperazine rings is 1. The molecule has 0 spiro atoms. The summed E-state index contributed by atoms with van der Waals surface area (Å²) in [6.07, 6.45) is 0.989. The quantitative estimate of drug-likeness (QED) is 0.353. The number of imide groups is 1. The Morgan fingerprint density at radius 2 is 1.76 bits per heavy atom. The molecule has 4 amide bonds. The highest BCUT2D eigenvalue weighted by Crippen LogP contribution is 2.32. The van der Waals surface area contributed by atoms with E-state index in [4.69, 9.17) is 10.5 Å². The summed E-state index contributed by atoms with van der Waals surface area (Å²) in [4.78, 5) is 53.2. The Hall–Kier alpha value is -3.76. The van der Waals surface area contributed by atoms with E-state index in [9.17, 15) is 24.3 Å². The van der Waals surface area contributed by atoms with Crippen molar-refractivity contribution >= 4 is 24.0 Å². The van der Waals surface area contributed by atoms with Gasteiger partial charge in [0.1, 0.15) is 0 Å². The van der Waals surface area contributed by atoms with Gasteiger partial charge in [-0.2, -0.15) is 0 Å². The molecule has 11 nitrogen and oxygen atoms in total. The van der Waals surface area contributed by atoms with Gasteiger partial charge in [-0.3, -0.25) is 4.79 Å². The summed E-state index contributed by atoms with van der Waals surface area (Å²) in [7, 11) is 0. The summed E-state index contributed by atoms with van der Waals surface area (Å²) >= 11 is 0. The molecular formula is C23H31N5O6. The monoisotopic (exact) mass is 473 g/mol. The lowest BCUT2D eigenvalue weighted by atomic mass is 9.83. The minimum Gasteiger partial charge on any atom is -0.480 e. The lowest BCUT2D eigenvalue weighted by Gasteiger charge is -2.46. The first-order valence-electron chi connectivity index (χ1n) is 11.3. The Kier molecular flexibility index (Phi) is 8.34. The zero-order valence-electron chi connectivity index (χ0n) is 19.0. The van der Waals surface area contributed by atoms with Crippen LogP contribution in [0.2, 0.25) is 0 Å². The van der Waals surface area contributed by atoms with E-state index >= 15 is 0 Å². The molecule has 0 bridgehead atoms. The molecule has 2 fully saturated rings. The molecule has 2 atom stereocenters. The van der Waals surface area contributed by atoms with Gasteiger partial charge in [0.15, 0.2) is 6.04 Å². The van der Waals surface area contributed by atoms with Crippen LogP contribution in [0.25, 0.3) is 0 Å². The summed E-state index contributed by atoms with van der Waals surface area (Å²) in [5.74, 6) is -2.16. The van der Waals surface area contributed by atoms with Gasteiger partial charge in [-0.15, -0.1) is 0 Å². The van der Waals surface area contributed by atoms with Crippen molar-refractivity contribution in [1.82, 2.24) is 20.0 Å². The van der Waals surface area contributed by atoms with Crippen molar-refractivity contribution in [2.24, 2.45) is 11.7 Å². The maximum absolute atomic E-state index is 12.9. The molecule has 0 radical (unpaired) electrons. The van der Waals surface area contributed by atoms with Gasteiger partial charge in [0.05, 0.1) is 18.3 Å². The molecule has 0 saturated carbocycles. The van der Waals surface area contributed by atoms with Crippen molar-refractivity contribution in [1.29, 1.82) is 0 Å². The highest BCUT2D eigenvalue weighted by molar-refractivity contribution is 6.07. The van der Waals surface area contributed by atoms with Gasteiger partial charge in [0, 0.05) is 39.1 Å². The van der Waals surface area contributed by atoms with Crippen LogP contribution >= 0.6 is 0 Å². The predicted molar refractivity (Wildman–Crippen MR) is 122 cm³/mol. The molecule has 0 aliphatic carbocycles. The smallest absolute Gasteiger partial charge is 0.409 e. The van der Waals surface area contributed by atoms with Crippen molar-refractivity contribution in [2.75, 3.05) is 39.3 Å². The number of urea groups is 1. The number of carbonyl (C=O) groups excluding carboxylic acids is 3. The number of amides is 4. The van der Waals surface area contributed by atoms with Crippen molar-refractivity contribution < 1.29 is 29.0 Å². The van der Waals surface area contributed by atoms with E-state index in [1.807, 2.05) is 30.3 Å². The van der Waals surface area contributed by atoms with Crippen molar-refractivity contribution in [3.8, 4) is 0 Å². The van der Waals surface area contributed by atoms with Gasteiger partial charge in [-0.25, -0.2) is 19.3 Å². The molecular weight excluding hydrogens is 442 g/mol. The van der Waals surface area contributed by atoms with Gasteiger partial charge in [0.25, 0.3) is 0 Å². The molecule has 2 heterocycles. The van der Waals surface area contributed by atoms with E-state index in [1.165, 1.54) is 9.80 Å². The topological polar surface area (TPSA) is 146 Å². The SMILES string of the molecule is C=C(N)NCCCC1C(=O)N(C(=O)N2CCN(C(=O)OCCc3ccccc3)CC2)C1C(=O)O. The third-order valence-electron chi connectivity index (χ3n) is 5.98. The molecule has 2 saturated heterocycles. The highest BCUT2D eigenvalue weighted by Gasteiger charge is 2.55. The zero-order chi connectivity index (χ0) is 24.7. The second-order valence-electron chi connectivity index (χ2n) is 8.30. The summed E-state index contributed by atoms with van der Waals surface area (Å²) in [5.41, 5.74) is 6.49. The second kappa shape index (κ2) is 11.4. The average molecular weight is 474 g/mol. The number of carbonyl (C=O) groups is 4. The van der Waals surface area contributed by atoms with Crippen LogP contribution in [0.3, 0.4) is 0 Å². The molecule has 4 N–H and O–H groups in total. The molecule has 184 valence electrons. The molecule has 2 aliphatic heterocycles. The lowest BCUT2D eigenvalue weighted by Crippen LogP contribution is -2.69. The number of β-lactam (4-membered cyclic amide) rings is 1. The fourth-order valence-electron chi connectivity index (χ4n) is 4.12. The number of hydrogen-bond donors (Lipinski definition) is 3. The first-order valence-corrected chi connectivity index (χ1v) is 11.3. The molecule has 0 aromatic heterocycles. The Morgan fingerprint density at radius 1 is 1.12 bits per heavy atom. The number of nitrogens with one attached hydrogen (secondary N) is 1. The van der Waals surface area contributed by atoms with Crippen LogP contribution in [0.5, 0.6) is 0 Å².